The summed E-state index contributed by atoms with van der Waals surface area (Å²) in [7, 11) is 0. The zero-order valence-electron chi connectivity index (χ0n) is 9.25. The first-order valence-electron chi connectivity index (χ1n) is 4.99. The number of hydrogen-bond acceptors (Lipinski definition) is 3. The number of carboxylic acid groups (broad SMARTS) is 1. The minimum atomic E-state index is -1.18. The highest BCUT2D eigenvalue weighted by atomic mass is 16.4. The van der Waals surface area contributed by atoms with E-state index in [0.29, 0.717) is 11.3 Å². The van der Waals surface area contributed by atoms with Crippen molar-refractivity contribution in [3.05, 3.63) is 42.0 Å². The predicted octanol–water partition coefficient (Wildman–Crippen LogP) is 1.32. The minimum Gasteiger partial charge on any atom is -0.478 e. The van der Waals surface area contributed by atoms with Crippen molar-refractivity contribution >= 4 is 17.6 Å². The Morgan fingerprint density at radius 2 is 2.06 bits per heavy atom. The molecule has 1 atom stereocenters. The van der Waals surface area contributed by atoms with Gasteiger partial charge in [0.25, 0.3) is 0 Å². The summed E-state index contributed by atoms with van der Waals surface area (Å²) in [5, 5.41) is 20.2. The van der Waals surface area contributed by atoms with Gasteiger partial charge in [0.05, 0.1) is 6.10 Å². The molecule has 5 nitrogen and oxygen atoms in total. The number of rotatable bonds is 4. The normalized spacial score (nSPS) is 12.4. The number of carboxylic acids is 1. The van der Waals surface area contributed by atoms with Crippen LogP contribution in [0, 0.1) is 0 Å². The molecule has 0 saturated carbocycles. The highest BCUT2D eigenvalue weighted by Gasteiger charge is 2.03. The lowest BCUT2D eigenvalue weighted by molar-refractivity contribution is -0.131. The largest absolute Gasteiger partial charge is 0.478 e. The van der Waals surface area contributed by atoms with Crippen LogP contribution in [0.4, 0.5) is 5.69 Å². The van der Waals surface area contributed by atoms with Crippen molar-refractivity contribution < 1.29 is 19.8 Å². The summed E-state index contributed by atoms with van der Waals surface area (Å²) in [6.45, 7) is 1.62. The second-order valence-electron chi connectivity index (χ2n) is 3.46. The van der Waals surface area contributed by atoms with Crippen LogP contribution in [0.3, 0.4) is 0 Å². The Morgan fingerprint density at radius 3 is 2.65 bits per heavy atom. The first-order valence-corrected chi connectivity index (χ1v) is 4.99. The standard InChI is InChI=1S/C12H13NO4/c1-8(14)9-3-2-4-10(7-9)13-11(15)5-6-12(16)17/h2-8,14H,1H3,(H,13,15)(H,16,17)/b6-5+/t8-/m0/s1. The molecule has 90 valence electrons. The molecular weight excluding hydrogens is 222 g/mol. The number of nitrogens with one attached hydrogen (secondary N) is 1. The molecule has 5 heteroatoms. The summed E-state index contributed by atoms with van der Waals surface area (Å²) in [5.41, 5.74) is 1.17. The molecule has 1 rings (SSSR count). The van der Waals surface area contributed by atoms with Gasteiger partial charge >= 0.3 is 5.97 Å². The lowest BCUT2D eigenvalue weighted by Crippen LogP contribution is -2.09. The summed E-state index contributed by atoms with van der Waals surface area (Å²) in [5.74, 6) is -1.71. The van der Waals surface area contributed by atoms with Crippen LogP contribution in [-0.2, 0) is 9.59 Å². The average Bonchev–Trinajstić information content (AvgIpc) is 2.26. The molecule has 1 aromatic carbocycles. The zero-order valence-corrected chi connectivity index (χ0v) is 9.25. The Bertz CT molecular complexity index is 452. The van der Waals surface area contributed by atoms with E-state index in [1.807, 2.05) is 0 Å². The molecule has 0 aliphatic rings. The Labute approximate surface area is 98.4 Å². The minimum absolute atomic E-state index is 0.503. The van der Waals surface area contributed by atoms with Crippen molar-refractivity contribution in [3.8, 4) is 0 Å². The third-order valence-corrected chi connectivity index (χ3v) is 2.01. The van der Waals surface area contributed by atoms with Crippen molar-refractivity contribution in [3.63, 3.8) is 0 Å². The van der Waals surface area contributed by atoms with Gasteiger partial charge < -0.3 is 15.5 Å². The van der Waals surface area contributed by atoms with Gasteiger partial charge in [0.15, 0.2) is 0 Å². The van der Waals surface area contributed by atoms with Gasteiger partial charge in [-0.25, -0.2) is 4.79 Å². The first kappa shape index (κ1) is 12.9. The van der Waals surface area contributed by atoms with Crippen molar-refractivity contribution in [1.29, 1.82) is 0 Å². The predicted molar refractivity (Wildman–Crippen MR) is 62.5 cm³/mol. The Hall–Kier alpha value is -2.14. The van der Waals surface area contributed by atoms with Crippen molar-refractivity contribution in [1.82, 2.24) is 0 Å². The van der Waals surface area contributed by atoms with Gasteiger partial charge in [0.2, 0.25) is 5.91 Å². The van der Waals surface area contributed by atoms with Gasteiger partial charge in [-0.05, 0) is 24.6 Å². The Balaban J connectivity index is 2.72. The van der Waals surface area contributed by atoms with E-state index in [9.17, 15) is 14.7 Å². The molecular formula is C12H13NO4. The second-order valence-corrected chi connectivity index (χ2v) is 3.46. The summed E-state index contributed by atoms with van der Waals surface area (Å²) in [6.07, 6.45) is 1.06. The van der Waals surface area contributed by atoms with E-state index in [0.717, 1.165) is 12.2 Å². The number of carbonyl (C=O) groups is 2. The van der Waals surface area contributed by atoms with Crippen LogP contribution in [0.2, 0.25) is 0 Å². The molecule has 0 unspecified atom stereocenters. The van der Waals surface area contributed by atoms with Crippen LogP contribution in [-0.4, -0.2) is 22.1 Å². The van der Waals surface area contributed by atoms with Crippen molar-refractivity contribution in [2.75, 3.05) is 5.32 Å². The van der Waals surface area contributed by atoms with Crippen molar-refractivity contribution in [2.24, 2.45) is 0 Å². The molecule has 0 bridgehead atoms. The Morgan fingerprint density at radius 1 is 1.35 bits per heavy atom. The van der Waals surface area contributed by atoms with Gasteiger partial charge in [-0.3, -0.25) is 4.79 Å². The molecule has 0 spiro atoms. The number of aliphatic carboxylic acids is 1. The second kappa shape index (κ2) is 5.81. The van der Waals surface area contributed by atoms with E-state index < -0.39 is 18.0 Å². The van der Waals surface area contributed by atoms with Crippen molar-refractivity contribution in [2.45, 2.75) is 13.0 Å². The highest BCUT2D eigenvalue weighted by Crippen LogP contribution is 2.16. The highest BCUT2D eigenvalue weighted by molar-refractivity contribution is 6.02. The van der Waals surface area contributed by atoms with E-state index in [1.165, 1.54) is 0 Å². The smallest absolute Gasteiger partial charge is 0.328 e. The van der Waals surface area contributed by atoms with Crippen LogP contribution in [0.1, 0.15) is 18.6 Å². The molecule has 0 fully saturated rings. The fraction of sp³-hybridized carbons (Fsp3) is 0.167. The van der Waals surface area contributed by atoms with Crippen LogP contribution >= 0.6 is 0 Å². The van der Waals surface area contributed by atoms with Gasteiger partial charge in [-0.2, -0.15) is 0 Å². The summed E-state index contributed by atoms with van der Waals surface area (Å²) in [4.78, 5) is 21.5. The number of carbonyl (C=O) groups excluding carboxylic acids is 1. The van der Waals surface area contributed by atoms with Crippen LogP contribution in [0.5, 0.6) is 0 Å². The van der Waals surface area contributed by atoms with E-state index in [-0.39, 0.29) is 0 Å². The van der Waals surface area contributed by atoms with Gasteiger partial charge in [-0.15, -0.1) is 0 Å². The van der Waals surface area contributed by atoms with Crippen LogP contribution < -0.4 is 5.32 Å². The molecule has 0 radical (unpaired) electrons. The maximum atomic E-state index is 11.3. The van der Waals surface area contributed by atoms with E-state index in [2.05, 4.69) is 5.32 Å². The fourth-order valence-electron chi connectivity index (χ4n) is 1.21. The van der Waals surface area contributed by atoms with E-state index in [4.69, 9.17) is 5.11 Å². The lowest BCUT2D eigenvalue weighted by atomic mass is 10.1. The van der Waals surface area contributed by atoms with Gasteiger partial charge in [-0.1, -0.05) is 12.1 Å². The number of benzene rings is 1. The summed E-state index contributed by atoms with van der Waals surface area (Å²) in [6, 6.07) is 6.70. The summed E-state index contributed by atoms with van der Waals surface area (Å²) < 4.78 is 0. The SMILES string of the molecule is C[C@H](O)c1cccc(NC(=O)/C=C/C(=O)O)c1. The van der Waals surface area contributed by atoms with Crippen LogP contribution in [0.25, 0.3) is 0 Å². The zero-order chi connectivity index (χ0) is 12.8. The quantitative estimate of drug-likeness (QED) is 0.687. The molecule has 0 aliphatic heterocycles. The number of amides is 1. The molecule has 0 aromatic heterocycles. The molecule has 0 heterocycles. The average molecular weight is 235 g/mol. The number of aliphatic hydroxyl groups excluding tert-OH is 1. The molecule has 0 aliphatic carbocycles. The maximum Gasteiger partial charge on any atom is 0.328 e. The maximum absolute atomic E-state index is 11.3. The topological polar surface area (TPSA) is 86.6 Å². The third-order valence-electron chi connectivity index (χ3n) is 2.01. The number of anilines is 1. The number of aliphatic hydroxyl groups is 1. The monoisotopic (exact) mass is 235 g/mol. The molecule has 0 saturated heterocycles. The molecule has 17 heavy (non-hydrogen) atoms. The van der Waals surface area contributed by atoms with Crippen LogP contribution in [0.15, 0.2) is 36.4 Å². The molecule has 1 amide bonds. The first-order chi connectivity index (χ1) is 7.99. The molecule has 3 N–H and O–H groups in total. The van der Waals surface area contributed by atoms with E-state index >= 15 is 0 Å². The van der Waals surface area contributed by atoms with Gasteiger partial charge in [0, 0.05) is 17.8 Å². The van der Waals surface area contributed by atoms with E-state index in [1.54, 1.807) is 31.2 Å². The number of hydrogen-bond donors (Lipinski definition) is 3. The fourth-order valence-corrected chi connectivity index (χ4v) is 1.21. The Kier molecular flexibility index (Phi) is 4.42. The third kappa shape index (κ3) is 4.48. The lowest BCUT2D eigenvalue weighted by Gasteiger charge is -2.07. The molecule has 1 aromatic rings. The summed E-state index contributed by atoms with van der Waals surface area (Å²) >= 11 is 0. The van der Waals surface area contributed by atoms with Gasteiger partial charge in [0.1, 0.15) is 0 Å².